The van der Waals surface area contributed by atoms with E-state index in [9.17, 15) is 4.79 Å². The largest absolute Gasteiger partial charge is 0.343 e. The molecular weight excluding hydrogens is 274 g/mol. The molecule has 0 aromatic rings. The summed E-state index contributed by atoms with van der Waals surface area (Å²) in [5, 5.41) is 0. The molecule has 1 amide bonds. The van der Waals surface area contributed by atoms with Crippen LogP contribution in [0.5, 0.6) is 0 Å². The molecule has 1 atom stereocenters. The summed E-state index contributed by atoms with van der Waals surface area (Å²) in [7, 11) is 0. The van der Waals surface area contributed by atoms with Crippen molar-refractivity contribution in [2.45, 2.75) is 58.5 Å². The molecule has 1 fully saturated rings. The fourth-order valence-electron chi connectivity index (χ4n) is 3.70. The second-order valence-electron chi connectivity index (χ2n) is 6.40. The Bertz CT molecular complexity index is 406. The van der Waals surface area contributed by atoms with Crippen LogP contribution in [0, 0.1) is 5.92 Å². The van der Waals surface area contributed by atoms with E-state index in [2.05, 4.69) is 42.8 Å². The molecule has 124 valence electrons. The SMILES string of the molecule is CCN(CC)C(=O)CCC1CCN(C2(CC)C=CC=N2)CC1. The highest BCUT2D eigenvalue weighted by Crippen LogP contribution is 2.32. The van der Waals surface area contributed by atoms with Crippen LogP contribution in [0.2, 0.25) is 0 Å². The number of carbonyl (C=O) groups is 1. The minimum atomic E-state index is -0.0813. The lowest BCUT2D eigenvalue weighted by Crippen LogP contribution is -2.48. The third-order valence-electron chi connectivity index (χ3n) is 5.31. The highest BCUT2D eigenvalue weighted by molar-refractivity contribution is 5.76. The van der Waals surface area contributed by atoms with Crippen LogP contribution in [-0.2, 0) is 4.79 Å². The van der Waals surface area contributed by atoms with E-state index >= 15 is 0 Å². The zero-order valence-corrected chi connectivity index (χ0v) is 14.4. The average molecular weight is 305 g/mol. The number of hydrogen-bond acceptors (Lipinski definition) is 3. The minimum Gasteiger partial charge on any atom is -0.343 e. The summed E-state index contributed by atoms with van der Waals surface area (Å²) in [5.74, 6) is 1.01. The summed E-state index contributed by atoms with van der Waals surface area (Å²) in [5.41, 5.74) is -0.0813. The predicted molar refractivity (Wildman–Crippen MR) is 92.1 cm³/mol. The van der Waals surface area contributed by atoms with E-state index in [0.29, 0.717) is 18.2 Å². The van der Waals surface area contributed by atoms with Gasteiger partial charge in [0.1, 0.15) is 5.66 Å². The van der Waals surface area contributed by atoms with Crippen LogP contribution in [-0.4, -0.2) is 53.8 Å². The van der Waals surface area contributed by atoms with Crippen molar-refractivity contribution in [2.75, 3.05) is 26.2 Å². The van der Waals surface area contributed by atoms with Gasteiger partial charge < -0.3 is 4.90 Å². The van der Waals surface area contributed by atoms with E-state index < -0.39 is 0 Å². The van der Waals surface area contributed by atoms with E-state index in [4.69, 9.17) is 0 Å². The Balaban J connectivity index is 1.77. The van der Waals surface area contributed by atoms with Crippen LogP contribution < -0.4 is 0 Å². The lowest BCUT2D eigenvalue weighted by Gasteiger charge is -2.41. The van der Waals surface area contributed by atoms with Crippen molar-refractivity contribution in [3.05, 3.63) is 12.2 Å². The predicted octanol–water partition coefficient (Wildman–Crippen LogP) is 3.09. The highest BCUT2D eigenvalue weighted by atomic mass is 16.2. The number of nitrogens with zero attached hydrogens (tertiary/aromatic N) is 3. The van der Waals surface area contributed by atoms with Crippen LogP contribution in [0.4, 0.5) is 0 Å². The normalized spacial score (nSPS) is 25.8. The van der Waals surface area contributed by atoms with Crippen LogP contribution in [0.3, 0.4) is 0 Å². The molecule has 0 saturated carbocycles. The monoisotopic (exact) mass is 305 g/mol. The highest BCUT2D eigenvalue weighted by Gasteiger charge is 2.35. The molecule has 1 unspecified atom stereocenters. The van der Waals surface area contributed by atoms with Crippen LogP contribution in [0.25, 0.3) is 0 Å². The topological polar surface area (TPSA) is 35.9 Å². The van der Waals surface area contributed by atoms with Crippen molar-refractivity contribution in [2.24, 2.45) is 10.9 Å². The van der Waals surface area contributed by atoms with Gasteiger partial charge in [-0.3, -0.25) is 14.7 Å². The number of piperidine rings is 1. The van der Waals surface area contributed by atoms with Crippen LogP contribution >= 0.6 is 0 Å². The van der Waals surface area contributed by atoms with Gasteiger partial charge in [0.25, 0.3) is 0 Å². The maximum absolute atomic E-state index is 12.1. The first-order valence-electron chi connectivity index (χ1n) is 8.91. The van der Waals surface area contributed by atoms with Gasteiger partial charge in [0.15, 0.2) is 0 Å². The van der Waals surface area contributed by atoms with Crippen molar-refractivity contribution in [1.29, 1.82) is 0 Å². The number of carbonyl (C=O) groups excluding carboxylic acids is 1. The number of amides is 1. The molecule has 2 aliphatic rings. The molecule has 2 aliphatic heterocycles. The van der Waals surface area contributed by atoms with E-state index in [0.717, 1.165) is 39.0 Å². The van der Waals surface area contributed by atoms with Gasteiger partial charge in [0.2, 0.25) is 5.91 Å². The molecule has 0 spiro atoms. The standard InChI is InChI=1S/C18H31N3O/c1-4-18(12-7-13-19-18)21-14-10-16(11-15-21)8-9-17(22)20(5-2)6-3/h7,12-13,16H,4-6,8-11,14-15H2,1-3H3. The average Bonchev–Trinajstić information content (AvgIpc) is 3.05. The Morgan fingerprint density at radius 3 is 2.45 bits per heavy atom. The molecular formula is C18H31N3O. The van der Waals surface area contributed by atoms with Crippen molar-refractivity contribution >= 4 is 12.1 Å². The molecule has 2 rings (SSSR count). The summed E-state index contributed by atoms with van der Waals surface area (Å²) in [4.78, 5) is 21.2. The van der Waals surface area contributed by atoms with Crippen molar-refractivity contribution in [1.82, 2.24) is 9.80 Å². The maximum Gasteiger partial charge on any atom is 0.222 e. The van der Waals surface area contributed by atoms with Crippen molar-refractivity contribution < 1.29 is 4.79 Å². The van der Waals surface area contributed by atoms with Crippen molar-refractivity contribution in [3.8, 4) is 0 Å². The first kappa shape index (κ1) is 17.2. The molecule has 4 nitrogen and oxygen atoms in total. The molecule has 2 heterocycles. The van der Waals surface area contributed by atoms with Crippen LogP contribution in [0.1, 0.15) is 52.9 Å². The summed E-state index contributed by atoms with van der Waals surface area (Å²) < 4.78 is 0. The van der Waals surface area contributed by atoms with E-state index in [1.165, 1.54) is 12.8 Å². The lowest BCUT2D eigenvalue weighted by molar-refractivity contribution is -0.131. The third kappa shape index (κ3) is 3.78. The zero-order chi connectivity index (χ0) is 16.0. The zero-order valence-electron chi connectivity index (χ0n) is 14.4. The Morgan fingerprint density at radius 1 is 1.27 bits per heavy atom. The number of rotatable bonds is 7. The number of aliphatic imine (C=N–C) groups is 1. The smallest absolute Gasteiger partial charge is 0.222 e. The minimum absolute atomic E-state index is 0.0813. The molecule has 0 N–H and O–H groups in total. The molecule has 0 aliphatic carbocycles. The van der Waals surface area contributed by atoms with E-state index in [-0.39, 0.29) is 5.66 Å². The Hall–Kier alpha value is -1.16. The van der Waals surface area contributed by atoms with Crippen molar-refractivity contribution in [3.63, 3.8) is 0 Å². The van der Waals surface area contributed by atoms with E-state index in [1.807, 2.05) is 11.1 Å². The van der Waals surface area contributed by atoms with Gasteiger partial charge in [-0.2, -0.15) is 0 Å². The molecule has 0 bridgehead atoms. The molecule has 0 aromatic heterocycles. The maximum atomic E-state index is 12.1. The third-order valence-corrected chi connectivity index (χ3v) is 5.31. The van der Waals surface area contributed by atoms with Gasteiger partial charge in [-0.25, -0.2) is 0 Å². The second kappa shape index (κ2) is 7.91. The molecule has 1 saturated heterocycles. The van der Waals surface area contributed by atoms with Crippen LogP contribution in [0.15, 0.2) is 17.1 Å². The van der Waals surface area contributed by atoms with Gasteiger partial charge in [-0.1, -0.05) is 6.92 Å². The summed E-state index contributed by atoms with van der Waals surface area (Å²) >= 11 is 0. The van der Waals surface area contributed by atoms with Gasteiger partial charge >= 0.3 is 0 Å². The fourth-order valence-corrected chi connectivity index (χ4v) is 3.70. The quantitative estimate of drug-likeness (QED) is 0.724. The number of hydrogen-bond donors (Lipinski definition) is 0. The first-order chi connectivity index (χ1) is 10.6. The first-order valence-corrected chi connectivity index (χ1v) is 8.91. The Kier molecular flexibility index (Phi) is 6.18. The van der Waals surface area contributed by atoms with Gasteiger partial charge in [0.05, 0.1) is 0 Å². The summed E-state index contributed by atoms with van der Waals surface area (Å²) in [6.07, 6.45) is 11.4. The Labute approximate surface area is 135 Å². The number of allylic oxidation sites excluding steroid dienone is 1. The lowest BCUT2D eigenvalue weighted by atomic mass is 9.90. The molecule has 4 heteroatoms. The van der Waals surface area contributed by atoms with Gasteiger partial charge in [0, 0.05) is 38.8 Å². The van der Waals surface area contributed by atoms with E-state index in [1.54, 1.807) is 0 Å². The second-order valence-corrected chi connectivity index (χ2v) is 6.40. The molecule has 0 aromatic carbocycles. The summed E-state index contributed by atoms with van der Waals surface area (Å²) in [6, 6.07) is 0. The fraction of sp³-hybridized carbons (Fsp3) is 0.778. The summed E-state index contributed by atoms with van der Waals surface area (Å²) in [6.45, 7) is 10.2. The molecule has 22 heavy (non-hydrogen) atoms. The molecule has 0 radical (unpaired) electrons. The van der Waals surface area contributed by atoms with Gasteiger partial charge in [-0.15, -0.1) is 0 Å². The van der Waals surface area contributed by atoms with Gasteiger partial charge in [-0.05, 0) is 57.6 Å². The number of likely N-dealkylation sites (tertiary alicyclic amines) is 1. The Morgan fingerprint density at radius 2 is 1.95 bits per heavy atom.